The monoisotopic (exact) mass is 381 g/mol. The summed E-state index contributed by atoms with van der Waals surface area (Å²) in [5, 5.41) is 15.7. The molecule has 0 atom stereocenters. The molecule has 5 aromatic rings. The maximum atomic E-state index is 5.89. The van der Waals surface area contributed by atoms with E-state index in [1.807, 2.05) is 30.3 Å². The van der Waals surface area contributed by atoms with E-state index in [1.165, 1.54) is 11.3 Å². The predicted molar refractivity (Wildman–Crippen MR) is 102 cm³/mol. The maximum Gasteiger partial charge on any atom is 0.235 e. The molecule has 0 unspecified atom stereocenters. The highest BCUT2D eigenvalue weighted by atomic mass is 35.5. The van der Waals surface area contributed by atoms with E-state index < -0.39 is 0 Å². The molecule has 0 radical (unpaired) electrons. The van der Waals surface area contributed by atoms with Gasteiger partial charge in [-0.15, -0.1) is 10.2 Å². The lowest BCUT2D eigenvalue weighted by molar-refractivity contribution is 0.293. The molecule has 0 saturated heterocycles. The van der Waals surface area contributed by atoms with Crippen LogP contribution in [0.25, 0.3) is 26.6 Å². The van der Waals surface area contributed by atoms with Crippen molar-refractivity contribution < 1.29 is 4.74 Å². The lowest BCUT2D eigenvalue weighted by Gasteiger charge is -2.03. The van der Waals surface area contributed by atoms with Crippen LogP contribution in [-0.2, 0) is 6.61 Å². The second-order valence-electron chi connectivity index (χ2n) is 5.73. The van der Waals surface area contributed by atoms with Gasteiger partial charge in [0.2, 0.25) is 4.96 Å². The minimum absolute atomic E-state index is 0.276. The van der Waals surface area contributed by atoms with E-state index in [9.17, 15) is 0 Å². The quantitative estimate of drug-likeness (QED) is 0.495. The molecule has 8 heteroatoms. The van der Waals surface area contributed by atoms with Gasteiger partial charge in [0.1, 0.15) is 12.4 Å². The summed E-state index contributed by atoms with van der Waals surface area (Å²) in [6, 6.07) is 17.4. The van der Waals surface area contributed by atoms with Crippen LogP contribution in [0.3, 0.4) is 0 Å². The molecule has 0 saturated carbocycles. The SMILES string of the molecule is Clc1ccc(OCc2nnc3sc(-c4cc5ccccc5[nH]4)nn23)cc1. The van der Waals surface area contributed by atoms with Crippen molar-refractivity contribution in [2.75, 3.05) is 0 Å². The van der Waals surface area contributed by atoms with Crippen molar-refractivity contribution in [1.82, 2.24) is 24.8 Å². The third-order valence-corrected chi connectivity index (χ3v) is 5.18. The molecule has 1 N–H and O–H groups in total. The smallest absolute Gasteiger partial charge is 0.235 e. The van der Waals surface area contributed by atoms with Crippen molar-refractivity contribution in [3.05, 3.63) is 65.4 Å². The highest BCUT2D eigenvalue weighted by Crippen LogP contribution is 2.28. The highest BCUT2D eigenvalue weighted by Gasteiger charge is 2.15. The standard InChI is InChI=1S/C18H12ClN5OS/c19-12-5-7-13(8-6-12)25-10-16-21-22-18-24(16)23-17(26-18)15-9-11-3-1-2-4-14(11)20-15/h1-9,20H,10H2. The van der Waals surface area contributed by atoms with Gasteiger partial charge in [0.05, 0.1) is 5.69 Å². The molecular weight excluding hydrogens is 370 g/mol. The third kappa shape index (κ3) is 2.71. The summed E-state index contributed by atoms with van der Waals surface area (Å²) in [4.78, 5) is 4.12. The lowest BCUT2D eigenvalue weighted by atomic mass is 10.2. The van der Waals surface area contributed by atoms with Crippen molar-refractivity contribution in [2.45, 2.75) is 6.61 Å². The van der Waals surface area contributed by atoms with Crippen LogP contribution >= 0.6 is 22.9 Å². The van der Waals surface area contributed by atoms with E-state index >= 15 is 0 Å². The van der Waals surface area contributed by atoms with E-state index in [0.29, 0.717) is 10.8 Å². The average molecular weight is 382 g/mol. The van der Waals surface area contributed by atoms with Gasteiger partial charge in [-0.05, 0) is 36.4 Å². The molecular formula is C18H12ClN5OS. The van der Waals surface area contributed by atoms with Crippen LogP contribution in [0.4, 0.5) is 0 Å². The number of para-hydroxylation sites is 1. The first-order chi connectivity index (χ1) is 12.8. The first-order valence-corrected chi connectivity index (χ1v) is 9.13. The first kappa shape index (κ1) is 15.4. The van der Waals surface area contributed by atoms with Gasteiger partial charge in [0, 0.05) is 15.9 Å². The average Bonchev–Trinajstić information content (AvgIpc) is 3.35. The Bertz CT molecular complexity index is 1170. The number of aromatic nitrogens is 5. The van der Waals surface area contributed by atoms with Crippen LogP contribution in [0.5, 0.6) is 5.75 Å². The fraction of sp³-hybridized carbons (Fsp3) is 0.0556. The van der Waals surface area contributed by atoms with Gasteiger partial charge < -0.3 is 9.72 Å². The van der Waals surface area contributed by atoms with E-state index in [2.05, 4.69) is 32.4 Å². The highest BCUT2D eigenvalue weighted by molar-refractivity contribution is 7.19. The number of benzene rings is 2. The number of H-pyrrole nitrogens is 1. The number of rotatable bonds is 4. The number of nitrogens with one attached hydrogen (secondary N) is 1. The molecule has 0 aliphatic heterocycles. The molecule has 3 heterocycles. The normalized spacial score (nSPS) is 11.4. The topological polar surface area (TPSA) is 68.1 Å². The summed E-state index contributed by atoms with van der Waals surface area (Å²) in [6.45, 7) is 0.276. The molecule has 128 valence electrons. The number of hydrogen-bond acceptors (Lipinski definition) is 5. The zero-order valence-corrected chi connectivity index (χ0v) is 15.0. The summed E-state index contributed by atoms with van der Waals surface area (Å²) >= 11 is 7.37. The Kier molecular flexibility index (Phi) is 3.62. The van der Waals surface area contributed by atoms with Gasteiger partial charge >= 0.3 is 0 Å². The van der Waals surface area contributed by atoms with Crippen LogP contribution in [-0.4, -0.2) is 24.8 Å². The second-order valence-corrected chi connectivity index (χ2v) is 7.12. The van der Waals surface area contributed by atoms with Crippen LogP contribution in [0.15, 0.2) is 54.6 Å². The number of fused-ring (bicyclic) bond motifs is 2. The Morgan fingerprint density at radius 3 is 2.77 bits per heavy atom. The molecule has 0 fully saturated rings. The Labute approximate surface area is 157 Å². The van der Waals surface area contributed by atoms with Crippen molar-refractivity contribution in [3.8, 4) is 16.5 Å². The fourth-order valence-corrected chi connectivity index (χ4v) is 3.68. The van der Waals surface area contributed by atoms with E-state index in [-0.39, 0.29) is 6.61 Å². The Morgan fingerprint density at radius 1 is 1.08 bits per heavy atom. The molecule has 26 heavy (non-hydrogen) atoms. The lowest BCUT2D eigenvalue weighted by Crippen LogP contribution is -2.02. The third-order valence-electron chi connectivity index (χ3n) is 4.00. The summed E-state index contributed by atoms with van der Waals surface area (Å²) < 4.78 is 7.47. The molecule has 6 nitrogen and oxygen atoms in total. The molecule has 3 aromatic heterocycles. The zero-order chi connectivity index (χ0) is 17.5. The molecule has 0 spiro atoms. The Balaban J connectivity index is 1.44. The first-order valence-electron chi connectivity index (χ1n) is 7.94. The van der Waals surface area contributed by atoms with Crippen molar-refractivity contribution in [2.24, 2.45) is 0 Å². The molecule has 2 aromatic carbocycles. The maximum absolute atomic E-state index is 5.89. The van der Waals surface area contributed by atoms with Gasteiger partial charge in [-0.3, -0.25) is 0 Å². The van der Waals surface area contributed by atoms with Crippen LogP contribution < -0.4 is 4.74 Å². The molecule has 0 amide bonds. The fourth-order valence-electron chi connectivity index (χ4n) is 2.72. The van der Waals surface area contributed by atoms with Gasteiger partial charge in [0.25, 0.3) is 0 Å². The Morgan fingerprint density at radius 2 is 1.92 bits per heavy atom. The molecule has 0 bridgehead atoms. The van der Waals surface area contributed by atoms with Crippen LogP contribution in [0.2, 0.25) is 5.02 Å². The number of nitrogens with zero attached hydrogens (tertiary/aromatic N) is 4. The van der Waals surface area contributed by atoms with Gasteiger partial charge in [-0.2, -0.15) is 9.61 Å². The van der Waals surface area contributed by atoms with Gasteiger partial charge in [-0.1, -0.05) is 41.1 Å². The van der Waals surface area contributed by atoms with Crippen molar-refractivity contribution >= 4 is 38.8 Å². The molecule has 0 aliphatic rings. The van der Waals surface area contributed by atoms with Crippen molar-refractivity contribution in [1.29, 1.82) is 0 Å². The number of aromatic amines is 1. The number of hydrogen-bond donors (Lipinski definition) is 1. The van der Waals surface area contributed by atoms with Crippen molar-refractivity contribution in [3.63, 3.8) is 0 Å². The summed E-state index contributed by atoms with van der Waals surface area (Å²) in [6.07, 6.45) is 0. The minimum Gasteiger partial charge on any atom is -0.486 e. The molecule has 0 aliphatic carbocycles. The van der Waals surface area contributed by atoms with Crippen LogP contribution in [0, 0.1) is 0 Å². The van der Waals surface area contributed by atoms with Crippen LogP contribution in [0.1, 0.15) is 5.82 Å². The number of halogens is 1. The zero-order valence-electron chi connectivity index (χ0n) is 13.4. The van der Waals surface area contributed by atoms with Gasteiger partial charge in [0.15, 0.2) is 10.8 Å². The largest absolute Gasteiger partial charge is 0.486 e. The summed E-state index contributed by atoms with van der Waals surface area (Å²) in [5.41, 5.74) is 2.05. The summed E-state index contributed by atoms with van der Waals surface area (Å²) in [7, 11) is 0. The van der Waals surface area contributed by atoms with E-state index in [0.717, 1.165) is 32.3 Å². The van der Waals surface area contributed by atoms with Gasteiger partial charge in [-0.25, -0.2) is 0 Å². The van der Waals surface area contributed by atoms with E-state index in [1.54, 1.807) is 16.6 Å². The van der Waals surface area contributed by atoms with E-state index in [4.69, 9.17) is 16.3 Å². The molecule has 5 rings (SSSR count). The number of ether oxygens (including phenoxy) is 1. The minimum atomic E-state index is 0.276. The summed E-state index contributed by atoms with van der Waals surface area (Å²) in [5.74, 6) is 1.37. The Hall–Kier alpha value is -2.90. The second kappa shape index (κ2) is 6.12. The predicted octanol–water partition coefficient (Wildman–Crippen LogP) is 4.57.